The third-order valence-corrected chi connectivity index (χ3v) is 8.85. The molecule has 0 N–H and O–H groups in total. The summed E-state index contributed by atoms with van der Waals surface area (Å²) in [5, 5.41) is 9.83. The van der Waals surface area contributed by atoms with Gasteiger partial charge in [0.15, 0.2) is 11.6 Å². The van der Waals surface area contributed by atoms with E-state index in [-0.39, 0.29) is 49.3 Å². The number of likely N-dealkylation sites (tertiary alicyclic amines) is 1. The Labute approximate surface area is 249 Å². The van der Waals surface area contributed by atoms with Crippen molar-refractivity contribution in [2.75, 3.05) is 44.7 Å². The van der Waals surface area contributed by atoms with Crippen LogP contribution in [0.2, 0.25) is 0 Å². The number of anilines is 1. The van der Waals surface area contributed by atoms with Gasteiger partial charge in [-0.05, 0) is 63.2 Å². The molecule has 3 aliphatic rings. The van der Waals surface area contributed by atoms with E-state index in [1.165, 1.54) is 4.90 Å². The Morgan fingerprint density at radius 1 is 1.14 bits per heavy atom. The number of piperazine rings is 1. The Kier molecular flexibility index (Phi) is 8.17. The molecule has 2 atom stereocenters. The van der Waals surface area contributed by atoms with Gasteiger partial charge in [-0.25, -0.2) is 8.78 Å². The lowest BCUT2D eigenvalue weighted by molar-refractivity contribution is -0.131. The first kappa shape index (κ1) is 28.9. The minimum Gasteiger partial charge on any atom is -0.462 e. The van der Waals surface area contributed by atoms with E-state index in [4.69, 9.17) is 9.72 Å². The van der Waals surface area contributed by atoms with Gasteiger partial charge < -0.3 is 19.4 Å². The first-order chi connectivity index (χ1) is 20.9. The summed E-state index contributed by atoms with van der Waals surface area (Å²) < 4.78 is 36.4. The van der Waals surface area contributed by atoms with Crippen LogP contribution in [0.15, 0.2) is 31.0 Å². The lowest BCUT2D eigenvalue weighted by atomic mass is 9.89. The standard InChI is InChI=1S/C31H34F2N8O2/c1-19(32)30(42)41-13-12-40(17-21(41)9-10-34)29-25-16-36-27(24-15-35-14-20-6-3-4-8-23(20)24)26(33)28(25)37-31(38-29)43-18-22-7-5-11-39(22)2/h14-16,21-22H,1,3-9,11-13,17-18H2,2H3/t21-,22-/m0/s1. The first-order valence-corrected chi connectivity index (χ1v) is 14.8. The molecule has 3 aromatic rings. The van der Waals surface area contributed by atoms with Crippen LogP contribution in [0.5, 0.6) is 6.01 Å². The maximum absolute atomic E-state index is 16.5. The summed E-state index contributed by atoms with van der Waals surface area (Å²) in [5.41, 5.74) is 3.11. The molecule has 224 valence electrons. The Morgan fingerprint density at radius 2 is 1.98 bits per heavy atom. The number of hydrogen-bond acceptors (Lipinski definition) is 9. The number of hydrogen-bond donors (Lipinski definition) is 0. The zero-order chi connectivity index (χ0) is 30.1. The molecule has 1 aliphatic carbocycles. The summed E-state index contributed by atoms with van der Waals surface area (Å²) in [6.45, 7) is 5.06. The predicted molar refractivity (Wildman–Crippen MR) is 157 cm³/mol. The number of likely N-dealkylation sites (N-methyl/N-ethyl adjacent to an activating group) is 1. The van der Waals surface area contributed by atoms with Gasteiger partial charge in [-0.3, -0.25) is 14.8 Å². The van der Waals surface area contributed by atoms with Crippen molar-refractivity contribution in [3.05, 3.63) is 47.9 Å². The monoisotopic (exact) mass is 588 g/mol. The summed E-state index contributed by atoms with van der Waals surface area (Å²) in [4.78, 5) is 36.0. The van der Waals surface area contributed by atoms with E-state index in [1.807, 2.05) is 18.1 Å². The molecular weight excluding hydrogens is 554 g/mol. The first-order valence-electron chi connectivity index (χ1n) is 14.8. The van der Waals surface area contributed by atoms with Crippen LogP contribution in [-0.2, 0) is 17.6 Å². The summed E-state index contributed by atoms with van der Waals surface area (Å²) in [7, 11) is 2.04. The Bertz CT molecular complexity index is 1610. The third kappa shape index (κ3) is 5.61. The zero-order valence-corrected chi connectivity index (χ0v) is 24.2. The van der Waals surface area contributed by atoms with Gasteiger partial charge in [0, 0.05) is 49.8 Å². The third-order valence-electron chi connectivity index (χ3n) is 8.85. The second-order valence-corrected chi connectivity index (χ2v) is 11.5. The largest absolute Gasteiger partial charge is 0.462 e. The number of carbonyl (C=O) groups is 1. The highest BCUT2D eigenvalue weighted by Crippen LogP contribution is 2.36. The lowest BCUT2D eigenvalue weighted by Crippen LogP contribution is -2.55. The van der Waals surface area contributed by atoms with Gasteiger partial charge >= 0.3 is 6.01 Å². The van der Waals surface area contributed by atoms with E-state index in [2.05, 4.69) is 32.5 Å². The molecule has 0 unspecified atom stereocenters. The predicted octanol–water partition coefficient (Wildman–Crippen LogP) is 3.99. The molecule has 1 amide bonds. The number of rotatable bonds is 7. The van der Waals surface area contributed by atoms with E-state index < -0.39 is 23.6 Å². The number of fused-ring (bicyclic) bond motifs is 2. The molecule has 12 heteroatoms. The smallest absolute Gasteiger partial charge is 0.319 e. The average molecular weight is 589 g/mol. The molecule has 3 aromatic heterocycles. The Balaban J connectivity index is 1.42. The van der Waals surface area contributed by atoms with Crippen LogP contribution in [0.4, 0.5) is 14.6 Å². The van der Waals surface area contributed by atoms with Crippen LogP contribution in [-0.4, -0.2) is 87.6 Å². The number of aryl methyl sites for hydroxylation is 1. The molecule has 10 nitrogen and oxygen atoms in total. The van der Waals surface area contributed by atoms with Crippen LogP contribution in [0.1, 0.15) is 43.2 Å². The molecule has 2 aliphatic heterocycles. The van der Waals surface area contributed by atoms with Gasteiger partial charge in [-0.1, -0.05) is 6.58 Å². The highest BCUT2D eigenvalue weighted by atomic mass is 19.1. The molecule has 2 fully saturated rings. The van der Waals surface area contributed by atoms with E-state index >= 15 is 4.39 Å². The fourth-order valence-electron chi connectivity index (χ4n) is 6.49. The van der Waals surface area contributed by atoms with E-state index in [0.29, 0.717) is 23.4 Å². The van der Waals surface area contributed by atoms with Crippen LogP contribution in [0.3, 0.4) is 0 Å². The molecule has 2 saturated heterocycles. The Morgan fingerprint density at radius 3 is 2.74 bits per heavy atom. The maximum Gasteiger partial charge on any atom is 0.319 e. The quantitative estimate of drug-likeness (QED) is 0.378. The number of ether oxygens (including phenoxy) is 1. The van der Waals surface area contributed by atoms with Gasteiger partial charge in [-0.2, -0.15) is 15.2 Å². The fraction of sp³-hybridized carbons (Fsp3) is 0.484. The van der Waals surface area contributed by atoms with Crippen molar-refractivity contribution in [2.24, 2.45) is 0 Å². The minimum atomic E-state index is -1.08. The highest BCUT2D eigenvalue weighted by Gasteiger charge is 2.34. The lowest BCUT2D eigenvalue weighted by Gasteiger charge is -2.41. The van der Waals surface area contributed by atoms with Crippen molar-refractivity contribution in [1.29, 1.82) is 5.26 Å². The zero-order valence-electron chi connectivity index (χ0n) is 24.2. The maximum atomic E-state index is 16.5. The molecule has 43 heavy (non-hydrogen) atoms. The number of nitriles is 1. The average Bonchev–Trinajstić information content (AvgIpc) is 3.44. The number of pyridine rings is 2. The number of carbonyl (C=O) groups excluding carboxylic acids is 1. The van der Waals surface area contributed by atoms with Gasteiger partial charge in [0.05, 0.1) is 23.9 Å². The van der Waals surface area contributed by atoms with Crippen molar-refractivity contribution in [3.8, 4) is 23.3 Å². The molecule has 0 saturated carbocycles. The summed E-state index contributed by atoms with van der Waals surface area (Å²) in [6.07, 6.45) is 11.0. The van der Waals surface area contributed by atoms with Crippen LogP contribution in [0, 0.1) is 17.1 Å². The SMILES string of the molecule is C=C(F)C(=O)N1CCN(c2nc(OC[C@@H]3CCCN3C)nc3c(F)c(-c4cncc5c4CCCC5)ncc23)C[C@@H]1CC#N. The van der Waals surface area contributed by atoms with Crippen molar-refractivity contribution in [3.63, 3.8) is 0 Å². The summed E-state index contributed by atoms with van der Waals surface area (Å²) >= 11 is 0. The fourth-order valence-corrected chi connectivity index (χ4v) is 6.49. The van der Waals surface area contributed by atoms with E-state index in [1.54, 1.807) is 12.4 Å². The molecule has 0 spiro atoms. The topological polar surface area (TPSA) is 111 Å². The Hall–Kier alpha value is -4.24. The number of aromatic nitrogens is 4. The van der Waals surface area contributed by atoms with Crippen molar-refractivity contribution in [2.45, 2.75) is 57.0 Å². The van der Waals surface area contributed by atoms with Gasteiger partial charge in [0.2, 0.25) is 0 Å². The molecule has 0 bridgehead atoms. The van der Waals surface area contributed by atoms with Gasteiger partial charge in [0.25, 0.3) is 5.91 Å². The molecule has 5 heterocycles. The number of halogens is 2. The van der Waals surface area contributed by atoms with Gasteiger partial charge in [0.1, 0.15) is 23.6 Å². The molecule has 6 rings (SSSR count). The van der Waals surface area contributed by atoms with Crippen molar-refractivity contribution >= 4 is 22.6 Å². The number of nitrogens with zero attached hydrogens (tertiary/aromatic N) is 8. The summed E-state index contributed by atoms with van der Waals surface area (Å²) in [5.74, 6) is -2.11. The molecule has 0 radical (unpaired) electrons. The van der Waals surface area contributed by atoms with Gasteiger partial charge in [-0.15, -0.1) is 0 Å². The summed E-state index contributed by atoms with van der Waals surface area (Å²) in [6, 6.07) is 1.71. The number of amides is 1. The van der Waals surface area contributed by atoms with Crippen LogP contribution >= 0.6 is 0 Å². The second-order valence-electron chi connectivity index (χ2n) is 11.5. The van der Waals surface area contributed by atoms with Crippen molar-refractivity contribution < 1.29 is 18.3 Å². The van der Waals surface area contributed by atoms with E-state index in [0.717, 1.165) is 56.2 Å². The normalized spacial score (nSPS) is 20.6. The van der Waals surface area contributed by atoms with E-state index in [9.17, 15) is 14.4 Å². The highest BCUT2D eigenvalue weighted by molar-refractivity contribution is 5.93. The molecule has 0 aromatic carbocycles. The van der Waals surface area contributed by atoms with Crippen LogP contribution in [0.25, 0.3) is 22.2 Å². The minimum absolute atomic E-state index is 0.0151. The van der Waals surface area contributed by atoms with Crippen LogP contribution < -0.4 is 9.64 Å². The second kappa shape index (κ2) is 12.2. The molecular formula is C31H34F2N8O2. The van der Waals surface area contributed by atoms with Crippen molar-refractivity contribution in [1.82, 2.24) is 29.7 Å².